The molecule has 0 aliphatic heterocycles. The van der Waals surface area contributed by atoms with E-state index in [4.69, 9.17) is 16.3 Å². The van der Waals surface area contributed by atoms with Crippen LogP contribution in [-0.2, 0) is 9.53 Å². The summed E-state index contributed by atoms with van der Waals surface area (Å²) in [5.74, 6) is -0.128. The van der Waals surface area contributed by atoms with Gasteiger partial charge in [0.2, 0.25) is 5.78 Å². The summed E-state index contributed by atoms with van der Waals surface area (Å²) in [6.07, 6.45) is 5.80. The molecule has 0 spiro atoms. The molecular weight excluding hydrogens is 392 g/mol. The second kappa shape index (κ2) is 9.50. The van der Waals surface area contributed by atoms with Crippen LogP contribution in [0.25, 0.3) is 11.0 Å². The Labute approximate surface area is 175 Å². The zero-order valence-electron chi connectivity index (χ0n) is 17.1. The number of aromatic nitrogens is 2. The maximum absolute atomic E-state index is 12.7. The lowest BCUT2D eigenvalue weighted by atomic mass is 9.85. The van der Waals surface area contributed by atoms with E-state index < -0.39 is 5.97 Å². The minimum Gasteiger partial charge on any atom is -0.457 e. The summed E-state index contributed by atoms with van der Waals surface area (Å²) < 4.78 is 4.89. The van der Waals surface area contributed by atoms with Crippen LogP contribution in [0.15, 0.2) is 18.3 Å². The van der Waals surface area contributed by atoms with Crippen molar-refractivity contribution in [3.8, 4) is 0 Å². The summed E-state index contributed by atoms with van der Waals surface area (Å²) in [6.45, 7) is 2.04. The van der Waals surface area contributed by atoms with E-state index in [1.54, 1.807) is 12.1 Å². The van der Waals surface area contributed by atoms with Gasteiger partial charge < -0.3 is 15.0 Å². The number of esters is 1. The monoisotopic (exact) mass is 418 g/mol. The normalized spacial score (nSPS) is 19.3. The Kier molecular flexibility index (Phi) is 7.03. The molecule has 8 heteroatoms. The average molecular weight is 419 g/mol. The number of nitrogens with zero attached hydrogens (tertiary/aromatic N) is 3. The Bertz CT molecular complexity index is 895. The molecule has 0 unspecified atom stereocenters. The van der Waals surface area contributed by atoms with Gasteiger partial charge in [-0.3, -0.25) is 14.6 Å². The molecule has 1 aliphatic rings. The molecule has 1 saturated carbocycles. The van der Waals surface area contributed by atoms with Crippen molar-refractivity contribution in [2.24, 2.45) is 5.92 Å². The largest absolute Gasteiger partial charge is 0.457 e. The lowest BCUT2D eigenvalue weighted by molar-refractivity contribution is -0.139. The Balaban J connectivity index is 1.85. The third-order valence-corrected chi connectivity index (χ3v) is 5.41. The molecule has 7 nitrogen and oxygen atoms in total. The van der Waals surface area contributed by atoms with Gasteiger partial charge in [-0.1, -0.05) is 11.6 Å². The van der Waals surface area contributed by atoms with E-state index in [-0.39, 0.29) is 18.4 Å². The minimum absolute atomic E-state index is 0.236. The first-order valence-electron chi connectivity index (χ1n) is 9.86. The van der Waals surface area contributed by atoms with Gasteiger partial charge in [-0.25, -0.2) is 4.98 Å². The molecule has 156 valence electrons. The molecule has 1 aliphatic carbocycles. The van der Waals surface area contributed by atoms with Gasteiger partial charge in [0.25, 0.3) is 0 Å². The van der Waals surface area contributed by atoms with Gasteiger partial charge in [-0.15, -0.1) is 0 Å². The molecule has 29 heavy (non-hydrogen) atoms. The quantitative estimate of drug-likeness (QED) is 0.418. The molecule has 2 aromatic heterocycles. The second-order valence-corrected chi connectivity index (χ2v) is 8.26. The first-order chi connectivity index (χ1) is 13.8. The number of ketones is 1. The maximum atomic E-state index is 12.7. The summed E-state index contributed by atoms with van der Waals surface area (Å²) in [7, 11) is 4.20. The van der Waals surface area contributed by atoms with Crippen molar-refractivity contribution in [2.45, 2.75) is 38.6 Å². The zero-order valence-corrected chi connectivity index (χ0v) is 17.8. The van der Waals surface area contributed by atoms with E-state index >= 15 is 0 Å². The van der Waals surface area contributed by atoms with Crippen LogP contribution in [0.2, 0.25) is 5.15 Å². The third kappa shape index (κ3) is 5.64. The summed E-state index contributed by atoms with van der Waals surface area (Å²) in [5.41, 5.74) is 2.19. The number of carbonyl (C=O) groups is 2. The van der Waals surface area contributed by atoms with E-state index in [1.165, 1.54) is 13.1 Å². The Morgan fingerprint density at radius 2 is 1.97 bits per heavy atom. The Hall–Kier alpha value is -2.25. The van der Waals surface area contributed by atoms with E-state index in [9.17, 15) is 9.59 Å². The van der Waals surface area contributed by atoms with E-state index in [2.05, 4.69) is 34.3 Å². The lowest BCUT2D eigenvalue weighted by Gasteiger charge is -2.31. The fourth-order valence-electron chi connectivity index (χ4n) is 3.85. The fraction of sp³-hybridized carbons (Fsp3) is 0.524. The number of ether oxygens (including phenoxy) is 1. The number of carbonyl (C=O) groups excluding carboxylic acids is 2. The summed E-state index contributed by atoms with van der Waals surface area (Å²) >= 11 is 6.11. The number of rotatable bonds is 7. The number of Topliss-reactive ketones (excluding diaryl/α,β-unsaturated/α-hetero) is 1. The van der Waals surface area contributed by atoms with Crippen LogP contribution in [0.1, 0.15) is 43.0 Å². The summed E-state index contributed by atoms with van der Waals surface area (Å²) in [4.78, 5) is 34.8. The molecule has 0 aromatic carbocycles. The summed E-state index contributed by atoms with van der Waals surface area (Å²) in [5, 5.41) is 3.86. The number of anilines is 1. The second-order valence-electron chi connectivity index (χ2n) is 7.88. The van der Waals surface area contributed by atoms with E-state index in [0.29, 0.717) is 33.4 Å². The fourth-order valence-corrected chi connectivity index (χ4v) is 4.00. The number of hydrogen-bond acceptors (Lipinski definition) is 7. The number of nitrogens with one attached hydrogen (secondary N) is 1. The molecular formula is C21H27ClN4O3. The highest BCUT2D eigenvalue weighted by Gasteiger charge is 2.25. The molecule has 1 N–H and O–H groups in total. The van der Waals surface area contributed by atoms with Gasteiger partial charge in [0.05, 0.1) is 16.8 Å². The van der Waals surface area contributed by atoms with Gasteiger partial charge in [-0.05, 0) is 57.8 Å². The number of pyridine rings is 2. The van der Waals surface area contributed by atoms with Crippen molar-refractivity contribution in [3.05, 3.63) is 29.0 Å². The van der Waals surface area contributed by atoms with Crippen molar-refractivity contribution >= 4 is 40.1 Å². The smallest absolute Gasteiger partial charge is 0.303 e. The van der Waals surface area contributed by atoms with Gasteiger partial charge in [-0.2, -0.15) is 0 Å². The highest BCUT2D eigenvalue weighted by Crippen LogP contribution is 2.31. The van der Waals surface area contributed by atoms with E-state index in [1.807, 2.05) is 0 Å². The van der Waals surface area contributed by atoms with Gasteiger partial charge in [0.15, 0.2) is 6.61 Å². The standard InChI is InChI=1S/C21H27ClN4O3/c1-13(27)29-12-18(28)16-10-23-17-8-9-19(22)25-21(17)20(16)24-15-6-4-14(5-7-15)11-26(2)3/h8-10,14-15H,4-7,11-12H2,1-3H3,(H,23,24). The SMILES string of the molecule is CC(=O)OCC(=O)c1cnc2ccc(Cl)nc2c1NC1CCC(CN(C)C)CC1. The van der Waals surface area contributed by atoms with Gasteiger partial charge in [0.1, 0.15) is 10.7 Å². The van der Waals surface area contributed by atoms with Crippen molar-refractivity contribution in [2.75, 3.05) is 32.6 Å². The lowest BCUT2D eigenvalue weighted by Crippen LogP contribution is -2.31. The number of halogens is 1. The van der Waals surface area contributed by atoms with Crippen molar-refractivity contribution in [3.63, 3.8) is 0 Å². The summed E-state index contributed by atoms with van der Waals surface area (Å²) in [6, 6.07) is 3.69. The number of hydrogen-bond donors (Lipinski definition) is 1. The zero-order chi connectivity index (χ0) is 21.0. The van der Waals surface area contributed by atoms with Gasteiger partial charge >= 0.3 is 5.97 Å². The Morgan fingerprint density at radius 1 is 1.24 bits per heavy atom. The molecule has 2 heterocycles. The van der Waals surface area contributed by atoms with Crippen molar-refractivity contribution in [1.82, 2.24) is 14.9 Å². The highest BCUT2D eigenvalue weighted by atomic mass is 35.5. The first-order valence-corrected chi connectivity index (χ1v) is 10.2. The molecule has 0 bridgehead atoms. The number of fused-ring (bicyclic) bond motifs is 1. The molecule has 3 rings (SSSR count). The average Bonchev–Trinajstić information content (AvgIpc) is 2.67. The predicted octanol–water partition coefficient (Wildman–Crippen LogP) is 3.56. The van der Waals surface area contributed by atoms with Crippen LogP contribution in [0, 0.1) is 5.92 Å². The van der Waals surface area contributed by atoms with Crippen LogP contribution in [-0.4, -0.2) is 59.9 Å². The predicted molar refractivity (Wildman–Crippen MR) is 113 cm³/mol. The maximum Gasteiger partial charge on any atom is 0.303 e. The van der Waals surface area contributed by atoms with E-state index in [0.717, 1.165) is 32.2 Å². The van der Waals surface area contributed by atoms with Crippen LogP contribution in [0.5, 0.6) is 0 Å². The van der Waals surface area contributed by atoms with Gasteiger partial charge in [0, 0.05) is 25.7 Å². The molecule has 0 saturated heterocycles. The molecule has 2 aromatic rings. The highest BCUT2D eigenvalue weighted by molar-refractivity contribution is 6.30. The van der Waals surface area contributed by atoms with Crippen LogP contribution >= 0.6 is 11.6 Å². The third-order valence-electron chi connectivity index (χ3n) is 5.20. The van der Waals surface area contributed by atoms with Crippen LogP contribution < -0.4 is 5.32 Å². The first kappa shape index (κ1) is 21.5. The Morgan fingerprint density at radius 3 is 2.62 bits per heavy atom. The van der Waals surface area contributed by atoms with Crippen molar-refractivity contribution < 1.29 is 14.3 Å². The van der Waals surface area contributed by atoms with Crippen molar-refractivity contribution in [1.29, 1.82) is 0 Å². The van der Waals surface area contributed by atoms with Crippen LogP contribution in [0.3, 0.4) is 0 Å². The molecule has 0 amide bonds. The topological polar surface area (TPSA) is 84.4 Å². The molecule has 1 fully saturated rings. The minimum atomic E-state index is -0.498. The van der Waals surface area contributed by atoms with Crippen LogP contribution in [0.4, 0.5) is 5.69 Å². The molecule has 0 radical (unpaired) electrons. The molecule has 0 atom stereocenters.